The Morgan fingerprint density at radius 2 is 1.61 bits per heavy atom. The molecule has 0 aliphatic carbocycles. The van der Waals surface area contributed by atoms with E-state index in [-0.39, 0.29) is 5.82 Å². The molecule has 2 aromatic carbocycles. The van der Waals surface area contributed by atoms with Crippen molar-refractivity contribution in [2.75, 3.05) is 31.1 Å². The number of fused-ring (bicyclic) bond motifs is 1. The Hall–Kier alpha value is -2.83. The van der Waals surface area contributed by atoms with Crippen LogP contribution in [0.3, 0.4) is 0 Å². The maximum Gasteiger partial charge on any atom is 0.141 e. The molecular weight excluding hydrogens is 407 g/mol. The quantitative estimate of drug-likeness (QED) is 0.430. The van der Waals surface area contributed by atoms with Crippen molar-refractivity contribution in [2.45, 2.75) is 20.4 Å². The smallest absolute Gasteiger partial charge is 0.141 e. The Morgan fingerprint density at radius 1 is 0.903 bits per heavy atom. The summed E-state index contributed by atoms with van der Waals surface area (Å²) < 4.78 is 13.5. The zero-order chi connectivity index (χ0) is 21.4. The topological polar surface area (TPSA) is 32.3 Å². The van der Waals surface area contributed by atoms with Crippen molar-refractivity contribution in [3.05, 3.63) is 76.7 Å². The predicted octanol–water partition coefficient (Wildman–Crippen LogP) is 5.44. The summed E-state index contributed by atoms with van der Waals surface area (Å²) in [6.07, 6.45) is 0. The molecule has 5 rings (SSSR count). The van der Waals surface area contributed by atoms with E-state index in [1.165, 1.54) is 22.6 Å². The second kappa shape index (κ2) is 8.36. The zero-order valence-electron chi connectivity index (χ0n) is 17.8. The molecule has 2 aromatic heterocycles. The van der Waals surface area contributed by atoms with Gasteiger partial charge in [-0.25, -0.2) is 14.4 Å². The normalized spacial score (nSPS) is 15.0. The van der Waals surface area contributed by atoms with Crippen LogP contribution in [0.4, 0.5) is 10.2 Å². The van der Waals surface area contributed by atoms with Crippen molar-refractivity contribution in [3.63, 3.8) is 0 Å². The van der Waals surface area contributed by atoms with E-state index in [1.807, 2.05) is 19.1 Å². The number of nitrogens with zero attached hydrogens (tertiary/aromatic N) is 4. The highest BCUT2D eigenvalue weighted by atomic mass is 32.1. The van der Waals surface area contributed by atoms with E-state index in [0.29, 0.717) is 0 Å². The minimum absolute atomic E-state index is 0.220. The van der Waals surface area contributed by atoms with Gasteiger partial charge >= 0.3 is 0 Å². The zero-order valence-corrected chi connectivity index (χ0v) is 18.6. The van der Waals surface area contributed by atoms with Crippen molar-refractivity contribution in [2.24, 2.45) is 0 Å². The van der Waals surface area contributed by atoms with Crippen LogP contribution in [-0.4, -0.2) is 41.0 Å². The number of hydrogen-bond donors (Lipinski definition) is 0. The van der Waals surface area contributed by atoms with Crippen molar-refractivity contribution < 1.29 is 4.39 Å². The van der Waals surface area contributed by atoms with Gasteiger partial charge in [0.05, 0.1) is 5.39 Å². The van der Waals surface area contributed by atoms with Crippen LogP contribution < -0.4 is 4.90 Å². The van der Waals surface area contributed by atoms with E-state index in [4.69, 9.17) is 9.97 Å². The van der Waals surface area contributed by atoms with E-state index in [1.54, 1.807) is 11.3 Å². The molecule has 6 heteroatoms. The SMILES string of the molecule is Cc1nc(N2CCN(Cc3ccccc3)CC2)c2c(-c3ccc(F)cc3)c(C)sc2n1. The molecule has 0 amide bonds. The number of anilines is 1. The summed E-state index contributed by atoms with van der Waals surface area (Å²) in [5.41, 5.74) is 3.49. The fourth-order valence-corrected chi connectivity index (χ4v) is 5.43. The minimum Gasteiger partial charge on any atom is -0.353 e. The van der Waals surface area contributed by atoms with Gasteiger partial charge in [0.2, 0.25) is 0 Å². The van der Waals surface area contributed by atoms with Crippen LogP contribution in [0.25, 0.3) is 21.3 Å². The first-order valence-corrected chi connectivity index (χ1v) is 11.4. The molecule has 1 aliphatic heterocycles. The lowest BCUT2D eigenvalue weighted by Gasteiger charge is -2.36. The van der Waals surface area contributed by atoms with Crippen LogP contribution in [0.15, 0.2) is 54.6 Å². The van der Waals surface area contributed by atoms with Crippen LogP contribution in [-0.2, 0) is 6.54 Å². The first-order chi connectivity index (χ1) is 15.1. The van der Waals surface area contributed by atoms with Gasteiger partial charge in [0.1, 0.15) is 22.3 Å². The number of piperazine rings is 1. The standard InChI is InChI=1S/C25H25FN4S/c1-17-22(20-8-10-21(26)11-9-20)23-24(27-18(2)28-25(23)31-17)30-14-12-29(13-15-30)16-19-6-4-3-5-7-19/h3-11H,12-16H2,1-2H3. The van der Waals surface area contributed by atoms with Crippen molar-refractivity contribution in [3.8, 4) is 11.1 Å². The molecule has 0 saturated carbocycles. The van der Waals surface area contributed by atoms with Crippen LogP contribution in [0.1, 0.15) is 16.3 Å². The molecule has 3 heterocycles. The first-order valence-electron chi connectivity index (χ1n) is 10.6. The van der Waals surface area contributed by atoms with Crippen molar-refractivity contribution in [1.29, 1.82) is 0 Å². The van der Waals surface area contributed by atoms with Gasteiger partial charge in [0.15, 0.2) is 0 Å². The Labute approximate surface area is 186 Å². The van der Waals surface area contributed by atoms with Gasteiger partial charge in [0.25, 0.3) is 0 Å². The summed E-state index contributed by atoms with van der Waals surface area (Å²) in [7, 11) is 0. The second-order valence-corrected chi connectivity index (χ2v) is 9.27. The van der Waals surface area contributed by atoms with Gasteiger partial charge in [-0.05, 0) is 37.1 Å². The molecule has 158 valence electrons. The van der Waals surface area contributed by atoms with Crippen LogP contribution in [0.2, 0.25) is 0 Å². The van der Waals surface area contributed by atoms with Crippen LogP contribution in [0, 0.1) is 19.7 Å². The highest BCUT2D eigenvalue weighted by Crippen LogP contribution is 2.42. The van der Waals surface area contributed by atoms with Crippen LogP contribution >= 0.6 is 11.3 Å². The van der Waals surface area contributed by atoms with E-state index >= 15 is 0 Å². The molecule has 0 radical (unpaired) electrons. The van der Waals surface area contributed by atoms with Gasteiger partial charge in [-0.3, -0.25) is 4.90 Å². The number of aromatic nitrogens is 2. The van der Waals surface area contributed by atoms with Crippen molar-refractivity contribution in [1.82, 2.24) is 14.9 Å². The van der Waals surface area contributed by atoms with Gasteiger partial charge in [-0.15, -0.1) is 11.3 Å². The molecule has 0 bridgehead atoms. The lowest BCUT2D eigenvalue weighted by Crippen LogP contribution is -2.46. The number of aryl methyl sites for hydroxylation is 2. The Morgan fingerprint density at radius 3 is 2.32 bits per heavy atom. The Balaban J connectivity index is 1.47. The van der Waals surface area contributed by atoms with E-state index in [2.05, 4.69) is 47.1 Å². The summed E-state index contributed by atoms with van der Waals surface area (Å²) in [5.74, 6) is 1.58. The molecular formula is C25H25FN4S. The molecule has 0 unspecified atom stereocenters. The summed E-state index contributed by atoms with van der Waals surface area (Å²) in [5, 5.41) is 1.09. The Bertz CT molecular complexity index is 1200. The van der Waals surface area contributed by atoms with Gasteiger partial charge in [0, 0.05) is 43.2 Å². The average Bonchev–Trinajstić information content (AvgIpc) is 3.10. The fourth-order valence-electron chi connectivity index (χ4n) is 4.35. The lowest BCUT2D eigenvalue weighted by molar-refractivity contribution is 0.249. The van der Waals surface area contributed by atoms with E-state index < -0.39 is 0 Å². The van der Waals surface area contributed by atoms with Crippen LogP contribution in [0.5, 0.6) is 0 Å². The number of benzene rings is 2. The maximum absolute atomic E-state index is 13.5. The van der Waals surface area contributed by atoms with Gasteiger partial charge in [-0.2, -0.15) is 0 Å². The number of thiophene rings is 1. The molecule has 0 atom stereocenters. The predicted molar refractivity (Wildman–Crippen MR) is 126 cm³/mol. The monoisotopic (exact) mass is 432 g/mol. The molecule has 0 spiro atoms. The average molecular weight is 433 g/mol. The van der Waals surface area contributed by atoms with Crippen molar-refractivity contribution >= 4 is 27.4 Å². The molecule has 4 aromatic rings. The third-order valence-corrected chi connectivity index (χ3v) is 6.87. The molecule has 1 fully saturated rings. The summed E-state index contributed by atoms with van der Waals surface area (Å²) in [4.78, 5) is 16.7. The second-order valence-electron chi connectivity index (χ2n) is 8.06. The fraction of sp³-hybridized carbons (Fsp3) is 0.280. The third kappa shape index (κ3) is 4.05. The third-order valence-electron chi connectivity index (χ3n) is 5.87. The molecule has 1 aliphatic rings. The molecule has 4 nitrogen and oxygen atoms in total. The molecule has 1 saturated heterocycles. The highest BCUT2D eigenvalue weighted by Gasteiger charge is 2.24. The summed E-state index contributed by atoms with van der Waals surface area (Å²) >= 11 is 1.69. The molecule has 31 heavy (non-hydrogen) atoms. The number of rotatable bonds is 4. The largest absolute Gasteiger partial charge is 0.353 e. The maximum atomic E-state index is 13.5. The molecule has 0 N–H and O–H groups in total. The van der Waals surface area contributed by atoms with E-state index in [9.17, 15) is 4.39 Å². The van der Waals surface area contributed by atoms with Gasteiger partial charge < -0.3 is 4.90 Å². The minimum atomic E-state index is -0.220. The number of halogens is 1. The highest BCUT2D eigenvalue weighted by molar-refractivity contribution is 7.19. The lowest BCUT2D eigenvalue weighted by atomic mass is 10.0. The summed E-state index contributed by atoms with van der Waals surface area (Å²) in [6, 6.07) is 17.4. The summed E-state index contributed by atoms with van der Waals surface area (Å²) in [6.45, 7) is 8.89. The van der Waals surface area contributed by atoms with Gasteiger partial charge in [-0.1, -0.05) is 42.5 Å². The first kappa shape index (κ1) is 20.1. The van der Waals surface area contributed by atoms with E-state index in [0.717, 1.165) is 65.7 Å². The number of hydrogen-bond acceptors (Lipinski definition) is 5. The Kier molecular flexibility index (Phi) is 5.42.